The molecule has 2 N–H and O–H groups in total. The predicted octanol–water partition coefficient (Wildman–Crippen LogP) is 2.17. The largest absolute Gasteiger partial charge is 0.416 e. The fourth-order valence-electron chi connectivity index (χ4n) is 1.34. The number of hydrogen-bond acceptors (Lipinski definition) is 3. The van der Waals surface area contributed by atoms with Crippen molar-refractivity contribution < 1.29 is 13.2 Å². The smallest absolute Gasteiger partial charge is 0.325 e. The van der Waals surface area contributed by atoms with E-state index in [4.69, 9.17) is 5.73 Å². The van der Waals surface area contributed by atoms with Gasteiger partial charge in [-0.1, -0.05) is 11.3 Å². The minimum absolute atomic E-state index is 0. The first kappa shape index (κ1) is 14.5. The highest BCUT2D eigenvalue weighted by Crippen LogP contribution is 2.30. The molecule has 0 saturated carbocycles. The molecule has 0 amide bonds. The van der Waals surface area contributed by atoms with E-state index < -0.39 is 11.7 Å². The SMILES string of the molecule is Cl.NCc1cn(-c2cccc(C(F)(F)F)c2)nn1. The maximum atomic E-state index is 12.5. The van der Waals surface area contributed by atoms with Gasteiger partial charge in [0.05, 0.1) is 23.1 Å². The molecule has 0 radical (unpaired) electrons. The number of halogens is 4. The molecule has 0 aliphatic rings. The van der Waals surface area contributed by atoms with Crippen LogP contribution in [0.3, 0.4) is 0 Å². The molecule has 0 aliphatic heterocycles. The van der Waals surface area contributed by atoms with Crippen molar-refractivity contribution in [2.75, 3.05) is 0 Å². The molecule has 0 saturated heterocycles. The minimum Gasteiger partial charge on any atom is -0.325 e. The Morgan fingerprint density at radius 1 is 1.28 bits per heavy atom. The second-order valence-corrected chi connectivity index (χ2v) is 3.41. The Morgan fingerprint density at radius 3 is 2.56 bits per heavy atom. The Kier molecular flexibility index (Phi) is 4.31. The monoisotopic (exact) mass is 278 g/mol. The number of alkyl halides is 3. The number of aromatic nitrogens is 3. The summed E-state index contributed by atoms with van der Waals surface area (Å²) in [6.07, 6.45) is -2.87. The van der Waals surface area contributed by atoms with E-state index in [2.05, 4.69) is 10.3 Å². The molecule has 0 spiro atoms. The molecule has 0 fully saturated rings. The molecule has 0 bridgehead atoms. The highest BCUT2D eigenvalue weighted by molar-refractivity contribution is 5.85. The summed E-state index contributed by atoms with van der Waals surface area (Å²) in [5.74, 6) is 0. The van der Waals surface area contributed by atoms with Crippen LogP contribution in [0.5, 0.6) is 0 Å². The van der Waals surface area contributed by atoms with Crippen molar-refractivity contribution in [3.8, 4) is 5.69 Å². The first-order valence-corrected chi connectivity index (χ1v) is 4.79. The molecule has 8 heteroatoms. The van der Waals surface area contributed by atoms with Crippen LogP contribution < -0.4 is 5.73 Å². The summed E-state index contributed by atoms with van der Waals surface area (Å²) in [5, 5.41) is 7.41. The van der Waals surface area contributed by atoms with E-state index in [-0.39, 0.29) is 19.0 Å². The van der Waals surface area contributed by atoms with E-state index in [0.29, 0.717) is 11.4 Å². The van der Waals surface area contributed by atoms with Crippen LogP contribution in [0.2, 0.25) is 0 Å². The molecule has 0 unspecified atom stereocenters. The zero-order valence-electron chi connectivity index (χ0n) is 9.05. The van der Waals surface area contributed by atoms with E-state index in [9.17, 15) is 13.2 Å². The molecule has 1 aromatic carbocycles. The average Bonchev–Trinajstić information content (AvgIpc) is 2.76. The molecule has 0 aliphatic carbocycles. The van der Waals surface area contributed by atoms with Gasteiger partial charge in [-0.15, -0.1) is 17.5 Å². The van der Waals surface area contributed by atoms with Crippen LogP contribution >= 0.6 is 12.4 Å². The normalized spacial score (nSPS) is 11.1. The van der Waals surface area contributed by atoms with Crippen LogP contribution in [-0.4, -0.2) is 15.0 Å². The van der Waals surface area contributed by atoms with Crippen molar-refractivity contribution in [2.24, 2.45) is 5.73 Å². The van der Waals surface area contributed by atoms with Gasteiger partial charge in [-0.05, 0) is 18.2 Å². The van der Waals surface area contributed by atoms with Gasteiger partial charge in [0.15, 0.2) is 0 Å². The third-order valence-electron chi connectivity index (χ3n) is 2.19. The fourth-order valence-corrected chi connectivity index (χ4v) is 1.34. The molecule has 2 rings (SSSR count). The summed E-state index contributed by atoms with van der Waals surface area (Å²) in [6.45, 7) is 0.193. The molecular weight excluding hydrogens is 269 g/mol. The van der Waals surface area contributed by atoms with E-state index in [1.54, 1.807) is 0 Å². The Balaban J connectivity index is 0.00000162. The van der Waals surface area contributed by atoms with Crippen LogP contribution in [0.15, 0.2) is 30.5 Å². The number of rotatable bonds is 2. The van der Waals surface area contributed by atoms with E-state index in [1.165, 1.54) is 23.0 Å². The van der Waals surface area contributed by atoms with Crippen LogP contribution in [0, 0.1) is 0 Å². The lowest BCUT2D eigenvalue weighted by molar-refractivity contribution is -0.137. The molecule has 2 aromatic rings. The first-order valence-electron chi connectivity index (χ1n) is 4.79. The number of nitrogens with zero attached hydrogens (tertiary/aromatic N) is 3. The van der Waals surface area contributed by atoms with Crippen LogP contribution in [-0.2, 0) is 12.7 Å². The van der Waals surface area contributed by atoms with E-state index in [1.807, 2.05) is 0 Å². The van der Waals surface area contributed by atoms with Crippen molar-refractivity contribution in [1.29, 1.82) is 0 Å². The summed E-state index contributed by atoms with van der Waals surface area (Å²) < 4.78 is 38.7. The average molecular weight is 279 g/mol. The Labute approximate surface area is 107 Å². The van der Waals surface area contributed by atoms with E-state index >= 15 is 0 Å². The molecule has 1 aromatic heterocycles. The summed E-state index contributed by atoms with van der Waals surface area (Å²) in [4.78, 5) is 0. The summed E-state index contributed by atoms with van der Waals surface area (Å²) >= 11 is 0. The van der Waals surface area contributed by atoms with Crippen molar-refractivity contribution >= 4 is 12.4 Å². The third-order valence-corrected chi connectivity index (χ3v) is 2.19. The minimum atomic E-state index is -4.37. The lowest BCUT2D eigenvalue weighted by Crippen LogP contribution is -2.06. The number of nitrogens with two attached hydrogens (primary N) is 1. The molecule has 4 nitrogen and oxygen atoms in total. The molecular formula is C10H10ClF3N4. The maximum Gasteiger partial charge on any atom is 0.416 e. The topological polar surface area (TPSA) is 56.7 Å². The van der Waals surface area contributed by atoms with Crippen molar-refractivity contribution in [3.63, 3.8) is 0 Å². The van der Waals surface area contributed by atoms with Gasteiger partial charge in [-0.2, -0.15) is 13.2 Å². The van der Waals surface area contributed by atoms with Crippen molar-refractivity contribution in [3.05, 3.63) is 41.7 Å². The highest BCUT2D eigenvalue weighted by atomic mass is 35.5. The number of benzene rings is 1. The van der Waals surface area contributed by atoms with Crippen LogP contribution in [0.4, 0.5) is 13.2 Å². The fraction of sp³-hybridized carbons (Fsp3) is 0.200. The third kappa shape index (κ3) is 2.99. The van der Waals surface area contributed by atoms with Gasteiger partial charge in [0.1, 0.15) is 0 Å². The van der Waals surface area contributed by atoms with Gasteiger partial charge < -0.3 is 5.73 Å². The standard InChI is InChI=1S/C10H9F3N4.ClH/c11-10(12,13)7-2-1-3-9(4-7)17-6-8(5-14)15-16-17;/h1-4,6H,5,14H2;1H. The Hall–Kier alpha value is -1.60. The lowest BCUT2D eigenvalue weighted by atomic mass is 10.2. The van der Waals surface area contributed by atoms with Gasteiger partial charge in [0.25, 0.3) is 0 Å². The first-order chi connectivity index (χ1) is 8.00. The summed E-state index contributed by atoms with van der Waals surface area (Å²) in [7, 11) is 0. The Morgan fingerprint density at radius 2 is 2.00 bits per heavy atom. The van der Waals surface area contributed by atoms with E-state index in [0.717, 1.165) is 12.1 Å². The quantitative estimate of drug-likeness (QED) is 0.916. The second kappa shape index (κ2) is 5.36. The molecule has 98 valence electrons. The zero-order valence-corrected chi connectivity index (χ0v) is 9.87. The van der Waals surface area contributed by atoms with Crippen molar-refractivity contribution in [2.45, 2.75) is 12.7 Å². The summed E-state index contributed by atoms with van der Waals surface area (Å²) in [5.41, 5.74) is 5.44. The van der Waals surface area contributed by atoms with Crippen molar-refractivity contribution in [1.82, 2.24) is 15.0 Å². The van der Waals surface area contributed by atoms with Crippen LogP contribution in [0.1, 0.15) is 11.3 Å². The molecule has 0 atom stereocenters. The van der Waals surface area contributed by atoms with Gasteiger partial charge in [0.2, 0.25) is 0 Å². The molecule has 18 heavy (non-hydrogen) atoms. The van der Waals surface area contributed by atoms with Gasteiger partial charge in [-0.3, -0.25) is 0 Å². The Bertz CT molecular complexity index is 524. The summed E-state index contributed by atoms with van der Waals surface area (Å²) in [6, 6.07) is 4.85. The van der Waals surface area contributed by atoms with Crippen LogP contribution in [0.25, 0.3) is 5.69 Å². The number of hydrogen-bond donors (Lipinski definition) is 1. The lowest BCUT2D eigenvalue weighted by Gasteiger charge is -2.07. The van der Waals surface area contributed by atoms with Gasteiger partial charge in [0, 0.05) is 6.54 Å². The zero-order chi connectivity index (χ0) is 12.5. The predicted molar refractivity (Wildman–Crippen MR) is 61.5 cm³/mol. The van der Waals surface area contributed by atoms with Gasteiger partial charge >= 0.3 is 6.18 Å². The van der Waals surface area contributed by atoms with Gasteiger partial charge in [-0.25, -0.2) is 4.68 Å². The molecule has 1 heterocycles. The maximum absolute atomic E-state index is 12.5. The highest BCUT2D eigenvalue weighted by Gasteiger charge is 2.30. The second-order valence-electron chi connectivity index (χ2n) is 3.41.